The second kappa shape index (κ2) is 5.90. The van der Waals surface area contributed by atoms with E-state index in [1.165, 1.54) is 21.8 Å². The van der Waals surface area contributed by atoms with Crippen molar-refractivity contribution in [1.29, 1.82) is 0 Å². The fourth-order valence-electron chi connectivity index (χ4n) is 4.07. The summed E-state index contributed by atoms with van der Waals surface area (Å²) in [6.07, 6.45) is 2.77. The van der Waals surface area contributed by atoms with Crippen molar-refractivity contribution < 1.29 is 9.53 Å². The molecule has 2 aliphatic rings. The monoisotopic (exact) mass is 370 g/mol. The van der Waals surface area contributed by atoms with Crippen LogP contribution >= 0.6 is 22.7 Å². The lowest BCUT2D eigenvalue weighted by Gasteiger charge is -2.44. The number of aromatic nitrogens is 1. The predicted molar refractivity (Wildman–Crippen MR) is 100 cm³/mol. The number of amides is 1. The van der Waals surface area contributed by atoms with Crippen molar-refractivity contribution in [2.45, 2.75) is 24.9 Å². The van der Waals surface area contributed by atoms with E-state index >= 15 is 0 Å². The minimum Gasteiger partial charge on any atom is -0.370 e. The van der Waals surface area contributed by atoms with Crippen LogP contribution in [0.4, 0.5) is 0 Å². The van der Waals surface area contributed by atoms with E-state index in [4.69, 9.17) is 4.74 Å². The summed E-state index contributed by atoms with van der Waals surface area (Å²) >= 11 is 3.37. The highest BCUT2D eigenvalue weighted by atomic mass is 32.1. The molecule has 4 nitrogen and oxygen atoms in total. The third kappa shape index (κ3) is 2.43. The van der Waals surface area contributed by atoms with Gasteiger partial charge in [-0.3, -0.25) is 4.79 Å². The minimum atomic E-state index is -0.180. The van der Waals surface area contributed by atoms with Crippen molar-refractivity contribution in [3.05, 3.63) is 51.2 Å². The van der Waals surface area contributed by atoms with Crippen LogP contribution in [0.2, 0.25) is 0 Å². The van der Waals surface area contributed by atoms with E-state index in [1.807, 2.05) is 34.4 Å². The first-order valence-corrected chi connectivity index (χ1v) is 10.4. The Kier molecular flexibility index (Phi) is 3.66. The van der Waals surface area contributed by atoms with Crippen LogP contribution in [0, 0.1) is 0 Å². The first-order chi connectivity index (χ1) is 12.3. The lowest BCUT2D eigenvalue weighted by molar-refractivity contribution is -0.0926. The van der Waals surface area contributed by atoms with Gasteiger partial charge >= 0.3 is 0 Å². The van der Waals surface area contributed by atoms with Gasteiger partial charge in [-0.05, 0) is 42.0 Å². The first-order valence-electron chi connectivity index (χ1n) is 8.59. The van der Waals surface area contributed by atoms with E-state index in [-0.39, 0.29) is 11.5 Å². The summed E-state index contributed by atoms with van der Waals surface area (Å²) < 4.78 is 7.23. The Balaban J connectivity index is 1.39. The highest BCUT2D eigenvalue weighted by molar-refractivity contribution is 7.17. The van der Waals surface area contributed by atoms with Crippen molar-refractivity contribution in [3.63, 3.8) is 0 Å². The van der Waals surface area contributed by atoms with Gasteiger partial charge in [0, 0.05) is 24.4 Å². The Labute approximate surface area is 154 Å². The van der Waals surface area contributed by atoms with E-state index in [9.17, 15) is 4.79 Å². The molecule has 0 bridgehead atoms. The molecule has 2 aromatic heterocycles. The van der Waals surface area contributed by atoms with Gasteiger partial charge in [0.1, 0.15) is 0 Å². The van der Waals surface area contributed by atoms with Crippen LogP contribution in [0.15, 0.2) is 35.2 Å². The maximum atomic E-state index is 13.0. The van der Waals surface area contributed by atoms with Gasteiger partial charge in [-0.1, -0.05) is 6.07 Å². The number of thiophene rings is 1. The Hall–Kier alpha value is -1.76. The summed E-state index contributed by atoms with van der Waals surface area (Å²) in [5, 5.41) is 2.17. The number of likely N-dealkylation sites (tertiary alicyclic amines) is 1. The maximum Gasteiger partial charge on any atom is 0.255 e. The van der Waals surface area contributed by atoms with Gasteiger partial charge in [-0.2, -0.15) is 0 Å². The summed E-state index contributed by atoms with van der Waals surface area (Å²) in [6, 6.07) is 8.01. The lowest BCUT2D eigenvalue weighted by Crippen LogP contribution is -2.48. The van der Waals surface area contributed by atoms with Crippen LogP contribution in [-0.2, 0) is 16.8 Å². The van der Waals surface area contributed by atoms with Gasteiger partial charge in [0.2, 0.25) is 0 Å². The number of fused-ring (bicyclic) bond motifs is 3. The molecule has 3 aromatic rings. The Morgan fingerprint density at radius 3 is 2.96 bits per heavy atom. The smallest absolute Gasteiger partial charge is 0.255 e. The molecule has 1 aromatic carbocycles. The van der Waals surface area contributed by atoms with Gasteiger partial charge in [0.25, 0.3) is 5.91 Å². The maximum absolute atomic E-state index is 13.0. The van der Waals surface area contributed by atoms with Gasteiger partial charge in [-0.15, -0.1) is 22.7 Å². The highest BCUT2D eigenvalue weighted by Crippen LogP contribution is 2.43. The fraction of sp³-hybridized carbons (Fsp3) is 0.368. The van der Waals surface area contributed by atoms with E-state index < -0.39 is 0 Å². The number of nitrogens with zero attached hydrogens (tertiary/aromatic N) is 2. The van der Waals surface area contributed by atoms with E-state index in [1.54, 1.807) is 5.51 Å². The van der Waals surface area contributed by atoms with E-state index in [0.717, 1.165) is 54.7 Å². The number of hydrogen-bond donors (Lipinski definition) is 0. The number of ether oxygens (including phenoxy) is 1. The zero-order valence-electron chi connectivity index (χ0n) is 13.7. The molecule has 128 valence electrons. The molecule has 0 N–H and O–H groups in total. The molecule has 25 heavy (non-hydrogen) atoms. The molecular weight excluding hydrogens is 352 g/mol. The minimum absolute atomic E-state index is 0.117. The summed E-state index contributed by atoms with van der Waals surface area (Å²) in [5.41, 5.74) is 4.67. The average Bonchev–Trinajstić information content (AvgIpc) is 3.31. The molecule has 0 unspecified atom stereocenters. The average molecular weight is 370 g/mol. The summed E-state index contributed by atoms with van der Waals surface area (Å²) in [7, 11) is 0. The van der Waals surface area contributed by atoms with Crippen molar-refractivity contribution in [1.82, 2.24) is 9.88 Å². The first kappa shape index (κ1) is 15.5. The van der Waals surface area contributed by atoms with Gasteiger partial charge in [0.05, 0.1) is 33.5 Å². The third-order valence-electron chi connectivity index (χ3n) is 5.39. The van der Waals surface area contributed by atoms with Gasteiger partial charge < -0.3 is 9.64 Å². The van der Waals surface area contributed by atoms with Gasteiger partial charge in [-0.25, -0.2) is 4.98 Å². The van der Waals surface area contributed by atoms with Crippen LogP contribution in [0.3, 0.4) is 0 Å². The Morgan fingerprint density at radius 2 is 2.08 bits per heavy atom. The molecule has 2 aliphatic heterocycles. The molecule has 1 amide bonds. The molecule has 0 saturated carbocycles. The molecule has 0 radical (unpaired) electrons. The second-order valence-electron chi connectivity index (χ2n) is 6.65. The van der Waals surface area contributed by atoms with Crippen LogP contribution in [0.1, 0.15) is 33.6 Å². The lowest BCUT2D eigenvalue weighted by atomic mass is 9.82. The highest BCUT2D eigenvalue weighted by Gasteiger charge is 2.42. The topological polar surface area (TPSA) is 42.4 Å². The molecule has 1 spiro atoms. The van der Waals surface area contributed by atoms with E-state index in [2.05, 4.69) is 16.4 Å². The van der Waals surface area contributed by atoms with Crippen LogP contribution < -0.4 is 0 Å². The normalized spacial score (nSPS) is 19.3. The second-order valence-corrected chi connectivity index (χ2v) is 8.50. The third-order valence-corrected chi connectivity index (χ3v) is 7.25. The number of carbonyl (C=O) groups is 1. The molecule has 1 fully saturated rings. The number of hydrogen-bond acceptors (Lipinski definition) is 5. The van der Waals surface area contributed by atoms with Crippen LogP contribution in [0.5, 0.6) is 0 Å². The molecular formula is C19H18N2O2S2. The van der Waals surface area contributed by atoms with Crippen LogP contribution in [-0.4, -0.2) is 35.5 Å². The number of thiazole rings is 1. The molecule has 5 rings (SSSR count). The van der Waals surface area contributed by atoms with Crippen molar-refractivity contribution in [2.75, 3.05) is 19.7 Å². The number of rotatable bonds is 1. The zero-order chi connectivity index (χ0) is 16.9. The van der Waals surface area contributed by atoms with E-state index in [0.29, 0.717) is 0 Å². The summed E-state index contributed by atoms with van der Waals surface area (Å²) in [5.74, 6) is 0.117. The van der Waals surface area contributed by atoms with Gasteiger partial charge in [0.15, 0.2) is 0 Å². The van der Waals surface area contributed by atoms with Crippen LogP contribution in [0.25, 0.3) is 10.2 Å². The molecule has 0 atom stereocenters. The van der Waals surface area contributed by atoms with Crippen molar-refractivity contribution >= 4 is 38.8 Å². The molecule has 0 aliphatic carbocycles. The fourth-order valence-corrected chi connectivity index (χ4v) is 5.81. The number of benzene rings is 1. The molecule has 1 saturated heterocycles. The Morgan fingerprint density at radius 1 is 1.20 bits per heavy atom. The van der Waals surface area contributed by atoms with Crippen molar-refractivity contribution in [3.8, 4) is 0 Å². The summed E-state index contributed by atoms with van der Waals surface area (Å²) in [4.78, 5) is 20.8. The quantitative estimate of drug-likeness (QED) is 0.649. The SMILES string of the molecule is O=C(c1cccc2ncsc12)N1CCC2(CC1)OCCc1sccc12. The molecule has 6 heteroatoms. The zero-order valence-corrected chi connectivity index (χ0v) is 15.4. The molecule has 4 heterocycles. The summed E-state index contributed by atoms with van der Waals surface area (Å²) in [6.45, 7) is 2.27. The standard InChI is InChI=1S/C19H18N2O2S2/c22-18(13-2-1-3-15-17(13)25-12-20-15)21-8-6-19(7-9-21)14-5-11-24-16(14)4-10-23-19/h1-3,5,11-12H,4,6-10H2. The Bertz CT molecular complexity index is 938. The predicted octanol–water partition coefficient (Wildman–Crippen LogP) is 4.06. The number of piperidine rings is 1. The van der Waals surface area contributed by atoms with Crippen molar-refractivity contribution in [2.24, 2.45) is 0 Å². The number of carbonyl (C=O) groups excluding carboxylic acids is 1. The largest absolute Gasteiger partial charge is 0.370 e.